The zero-order valence-electron chi connectivity index (χ0n) is 16.7. The quantitative estimate of drug-likeness (QED) is 0.386. The molecule has 4 nitrogen and oxygen atoms in total. The largest absolute Gasteiger partial charge is 0.380 e. The molecule has 1 aliphatic heterocycles. The molecular formula is C24H21BN2O2S. The molecule has 148 valence electrons. The van der Waals surface area contributed by atoms with Crippen molar-refractivity contribution in [3.05, 3.63) is 83.4 Å². The SMILES string of the molecule is [B]c1cccc(C2=Nc3cc(C(=O)NCCOCC)ccc3Sc3ccccc32)c1. The molecular weight excluding hydrogens is 391 g/mol. The van der Waals surface area contributed by atoms with Gasteiger partial charge < -0.3 is 10.1 Å². The summed E-state index contributed by atoms with van der Waals surface area (Å²) < 4.78 is 5.29. The van der Waals surface area contributed by atoms with Crippen LogP contribution < -0.4 is 10.8 Å². The van der Waals surface area contributed by atoms with E-state index in [0.717, 1.165) is 32.3 Å². The lowest BCUT2D eigenvalue weighted by molar-refractivity contribution is 0.0922. The Morgan fingerprint density at radius 3 is 2.77 bits per heavy atom. The van der Waals surface area contributed by atoms with Crippen LogP contribution in [0.3, 0.4) is 0 Å². The minimum Gasteiger partial charge on any atom is -0.380 e. The summed E-state index contributed by atoms with van der Waals surface area (Å²) in [5.41, 5.74) is 4.87. The molecule has 1 N–H and O–H groups in total. The fraction of sp³-hybridized carbons (Fsp3) is 0.167. The van der Waals surface area contributed by atoms with Gasteiger partial charge in [0.2, 0.25) is 0 Å². The standard InChI is InChI=1S/C24H21BN2O2S/c1-2-29-13-12-26-24(28)17-10-11-22-20(15-17)27-23(16-6-5-7-18(25)14-16)19-8-3-4-9-21(19)30-22/h3-11,14-15H,2,12-13H2,1H3,(H,26,28). The third kappa shape index (κ3) is 4.50. The van der Waals surface area contributed by atoms with E-state index >= 15 is 0 Å². The van der Waals surface area contributed by atoms with Crippen molar-refractivity contribution in [2.24, 2.45) is 4.99 Å². The summed E-state index contributed by atoms with van der Waals surface area (Å²) in [4.78, 5) is 19.7. The van der Waals surface area contributed by atoms with Crippen LogP contribution in [0.1, 0.15) is 28.4 Å². The number of nitrogens with zero attached hydrogens (tertiary/aromatic N) is 1. The van der Waals surface area contributed by atoms with Crippen molar-refractivity contribution in [2.75, 3.05) is 19.8 Å². The third-order valence-corrected chi connectivity index (χ3v) is 5.85. The highest BCUT2D eigenvalue weighted by molar-refractivity contribution is 7.99. The van der Waals surface area contributed by atoms with E-state index in [2.05, 4.69) is 17.4 Å². The summed E-state index contributed by atoms with van der Waals surface area (Å²) in [5, 5.41) is 2.89. The molecule has 30 heavy (non-hydrogen) atoms. The predicted octanol–water partition coefficient (Wildman–Crippen LogP) is 3.88. The molecule has 0 aromatic heterocycles. The first kappa shape index (κ1) is 20.4. The minimum atomic E-state index is -0.134. The van der Waals surface area contributed by atoms with Crippen LogP contribution in [0.25, 0.3) is 0 Å². The van der Waals surface area contributed by atoms with Gasteiger partial charge in [-0.2, -0.15) is 0 Å². The molecule has 0 saturated carbocycles. The third-order valence-electron chi connectivity index (χ3n) is 4.71. The van der Waals surface area contributed by atoms with Crippen molar-refractivity contribution >= 4 is 42.4 Å². The lowest BCUT2D eigenvalue weighted by Gasteiger charge is -2.09. The fourth-order valence-corrected chi connectivity index (χ4v) is 4.28. The summed E-state index contributed by atoms with van der Waals surface area (Å²) >= 11 is 1.65. The summed E-state index contributed by atoms with van der Waals surface area (Å²) in [6.07, 6.45) is 0. The van der Waals surface area contributed by atoms with Gasteiger partial charge in [0.05, 0.1) is 18.0 Å². The van der Waals surface area contributed by atoms with Gasteiger partial charge in [-0.15, -0.1) is 0 Å². The van der Waals surface area contributed by atoms with E-state index in [1.54, 1.807) is 11.8 Å². The highest BCUT2D eigenvalue weighted by atomic mass is 32.2. The van der Waals surface area contributed by atoms with Crippen molar-refractivity contribution in [3.8, 4) is 0 Å². The molecule has 0 bridgehead atoms. The molecule has 0 fully saturated rings. The summed E-state index contributed by atoms with van der Waals surface area (Å²) in [7, 11) is 6.03. The van der Waals surface area contributed by atoms with Crippen LogP contribution in [-0.2, 0) is 4.74 Å². The maximum absolute atomic E-state index is 12.6. The Hall–Kier alpha value is -2.83. The number of hydrogen-bond donors (Lipinski definition) is 1. The predicted molar refractivity (Wildman–Crippen MR) is 123 cm³/mol. The zero-order chi connectivity index (χ0) is 20.9. The molecule has 6 heteroatoms. The van der Waals surface area contributed by atoms with Crippen molar-refractivity contribution in [3.63, 3.8) is 0 Å². The average molecular weight is 412 g/mol. The molecule has 3 aromatic rings. The topological polar surface area (TPSA) is 50.7 Å². The Balaban J connectivity index is 1.73. The van der Waals surface area contributed by atoms with Crippen LogP contribution >= 0.6 is 11.8 Å². The number of hydrogen-bond acceptors (Lipinski definition) is 4. The molecule has 0 spiro atoms. The van der Waals surface area contributed by atoms with Crippen LogP contribution in [0.2, 0.25) is 0 Å². The van der Waals surface area contributed by atoms with Gasteiger partial charge in [0, 0.05) is 39.6 Å². The Morgan fingerprint density at radius 1 is 1.07 bits per heavy atom. The van der Waals surface area contributed by atoms with Gasteiger partial charge in [0.15, 0.2) is 0 Å². The van der Waals surface area contributed by atoms with E-state index in [4.69, 9.17) is 17.6 Å². The van der Waals surface area contributed by atoms with Gasteiger partial charge in [0.1, 0.15) is 7.85 Å². The lowest BCUT2D eigenvalue weighted by Crippen LogP contribution is -2.27. The first-order valence-corrected chi connectivity index (χ1v) is 10.7. The number of fused-ring (bicyclic) bond motifs is 2. The Labute approximate surface area is 182 Å². The Morgan fingerprint density at radius 2 is 1.93 bits per heavy atom. The normalized spacial score (nSPS) is 12.4. The highest BCUT2D eigenvalue weighted by Crippen LogP contribution is 2.41. The number of benzene rings is 3. The highest BCUT2D eigenvalue weighted by Gasteiger charge is 2.19. The van der Waals surface area contributed by atoms with Gasteiger partial charge in [-0.3, -0.25) is 4.79 Å². The number of ether oxygens (including phenoxy) is 1. The van der Waals surface area contributed by atoms with Crippen molar-refractivity contribution in [1.82, 2.24) is 5.32 Å². The van der Waals surface area contributed by atoms with Gasteiger partial charge in [-0.1, -0.05) is 59.7 Å². The molecule has 0 saturated heterocycles. The zero-order valence-corrected chi connectivity index (χ0v) is 17.5. The van der Waals surface area contributed by atoms with Gasteiger partial charge in [-0.05, 0) is 31.2 Å². The van der Waals surface area contributed by atoms with Crippen LogP contribution in [0.15, 0.2) is 81.5 Å². The van der Waals surface area contributed by atoms with Crippen molar-refractivity contribution in [2.45, 2.75) is 16.7 Å². The van der Waals surface area contributed by atoms with Gasteiger partial charge >= 0.3 is 0 Å². The van der Waals surface area contributed by atoms with Gasteiger partial charge in [0.25, 0.3) is 5.91 Å². The van der Waals surface area contributed by atoms with Crippen LogP contribution in [-0.4, -0.2) is 39.2 Å². The van der Waals surface area contributed by atoms with Crippen molar-refractivity contribution in [1.29, 1.82) is 0 Å². The number of carbonyl (C=O) groups is 1. The Bertz CT molecular complexity index is 1110. The Kier molecular flexibility index (Phi) is 6.36. The average Bonchev–Trinajstić information content (AvgIpc) is 2.93. The van der Waals surface area contributed by atoms with E-state index in [-0.39, 0.29) is 5.91 Å². The minimum absolute atomic E-state index is 0.134. The number of carbonyl (C=O) groups excluding carboxylic acids is 1. The van der Waals surface area contributed by atoms with E-state index in [9.17, 15) is 4.79 Å². The van der Waals surface area contributed by atoms with E-state index in [1.807, 2.05) is 61.5 Å². The van der Waals surface area contributed by atoms with Crippen LogP contribution in [0.4, 0.5) is 5.69 Å². The van der Waals surface area contributed by atoms with Crippen LogP contribution in [0, 0.1) is 0 Å². The second-order valence-electron chi connectivity index (χ2n) is 6.82. The van der Waals surface area contributed by atoms with E-state index in [0.29, 0.717) is 30.8 Å². The molecule has 2 radical (unpaired) electrons. The number of amides is 1. The molecule has 1 aliphatic rings. The summed E-state index contributed by atoms with van der Waals surface area (Å²) in [5.74, 6) is -0.134. The van der Waals surface area contributed by atoms with Crippen LogP contribution in [0.5, 0.6) is 0 Å². The monoisotopic (exact) mass is 412 g/mol. The fourth-order valence-electron chi connectivity index (χ4n) is 3.27. The van der Waals surface area contributed by atoms with E-state index < -0.39 is 0 Å². The summed E-state index contributed by atoms with van der Waals surface area (Å²) in [6, 6.07) is 21.5. The molecule has 0 aliphatic carbocycles. The second-order valence-corrected chi connectivity index (χ2v) is 7.90. The molecule has 1 amide bonds. The summed E-state index contributed by atoms with van der Waals surface area (Å²) in [6.45, 7) is 3.53. The molecule has 4 rings (SSSR count). The second kappa shape index (κ2) is 9.33. The van der Waals surface area contributed by atoms with Gasteiger partial charge in [-0.25, -0.2) is 4.99 Å². The molecule has 0 unspecified atom stereocenters. The molecule has 0 atom stereocenters. The van der Waals surface area contributed by atoms with Crippen molar-refractivity contribution < 1.29 is 9.53 Å². The molecule has 1 heterocycles. The molecule has 3 aromatic carbocycles. The maximum Gasteiger partial charge on any atom is 0.251 e. The van der Waals surface area contributed by atoms with E-state index in [1.165, 1.54) is 0 Å². The number of aliphatic imine (C=N–C) groups is 1. The maximum atomic E-state index is 12.6. The first-order chi connectivity index (χ1) is 14.7. The first-order valence-electron chi connectivity index (χ1n) is 9.87. The lowest BCUT2D eigenvalue weighted by atomic mass is 9.91. The number of rotatable bonds is 6. The number of nitrogens with one attached hydrogen (secondary N) is 1. The smallest absolute Gasteiger partial charge is 0.251 e.